The Balaban J connectivity index is 2.98. The Bertz CT molecular complexity index is 241. The molecule has 0 aromatic heterocycles. The number of aliphatic hydroxyl groups is 1. The summed E-state index contributed by atoms with van der Waals surface area (Å²) in [5.41, 5.74) is 0.958. The van der Waals surface area contributed by atoms with Crippen LogP contribution in [-0.4, -0.2) is 21.1 Å². The molecule has 1 unspecified atom stereocenters. The molecule has 66 valence electrons. The zero-order valence-corrected chi connectivity index (χ0v) is 9.24. The molecule has 0 spiro atoms. The molecule has 1 aromatic carbocycles. The third-order valence-electron chi connectivity index (χ3n) is 2.00. The van der Waals surface area contributed by atoms with Crippen LogP contribution in [0.15, 0.2) is 30.3 Å². The molecule has 1 atom stereocenters. The molecule has 0 radical (unpaired) electrons. The first kappa shape index (κ1) is 9.78. The van der Waals surface area contributed by atoms with Crippen molar-refractivity contribution in [3.63, 3.8) is 0 Å². The topological polar surface area (TPSA) is 20.2 Å². The van der Waals surface area contributed by atoms with Crippen molar-refractivity contribution in [3.05, 3.63) is 35.9 Å². The van der Waals surface area contributed by atoms with Crippen molar-refractivity contribution in [1.82, 2.24) is 0 Å². The summed E-state index contributed by atoms with van der Waals surface area (Å²) in [6.45, 7) is 4.01. The van der Waals surface area contributed by atoms with Gasteiger partial charge in [-0.15, -0.1) is 0 Å². The molecule has 1 rings (SSSR count). The molecule has 2 heteroatoms. The van der Waals surface area contributed by atoms with Gasteiger partial charge in [0.15, 0.2) is 0 Å². The van der Waals surface area contributed by atoms with E-state index in [-0.39, 0.29) is 5.92 Å². The van der Waals surface area contributed by atoms with Gasteiger partial charge in [-0.1, -0.05) is 0 Å². The van der Waals surface area contributed by atoms with Gasteiger partial charge in [0.1, 0.15) is 0 Å². The number of benzene rings is 1. The van der Waals surface area contributed by atoms with Crippen LogP contribution in [0.5, 0.6) is 0 Å². The molecule has 1 N–H and O–H groups in total. The second kappa shape index (κ2) is 3.61. The fourth-order valence-corrected chi connectivity index (χ4v) is 1.33. The van der Waals surface area contributed by atoms with Crippen LogP contribution in [-0.2, 0) is 4.50 Å². The first-order valence-corrected chi connectivity index (χ1v) is 4.99. The van der Waals surface area contributed by atoms with Crippen molar-refractivity contribution in [2.24, 2.45) is 5.92 Å². The van der Waals surface area contributed by atoms with E-state index in [1.54, 1.807) is 0 Å². The van der Waals surface area contributed by atoms with Crippen LogP contribution in [0.2, 0.25) is 0 Å². The van der Waals surface area contributed by atoms with E-state index in [1.165, 1.54) is 0 Å². The van der Waals surface area contributed by atoms with Crippen molar-refractivity contribution in [2.45, 2.75) is 18.3 Å². The number of hydrogen-bond donors (Lipinski definition) is 1. The summed E-state index contributed by atoms with van der Waals surface area (Å²) in [5, 5.41) is 10.0. The summed E-state index contributed by atoms with van der Waals surface area (Å²) in [4.78, 5) is 0. The molecule has 0 saturated heterocycles. The van der Waals surface area contributed by atoms with E-state index in [0.717, 1.165) is 5.56 Å². The molecular weight excluding hydrogens is 215 g/mol. The fourth-order valence-electron chi connectivity index (χ4n) is 1.02. The third kappa shape index (κ3) is 1.89. The average Bonchev–Trinajstić information content (AvgIpc) is 2.06. The van der Waals surface area contributed by atoms with E-state index in [2.05, 4.69) is 16.0 Å². The molecule has 0 heterocycles. The SMILES string of the molecule is CC(C)C(O)([SeH])c1ccccc1. The molecular formula is C10H14OSe. The summed E-state index contributed by atoms with van der Waals surface area (Å²) in [7, 11) is 0. The van der Waals surface area contributed by atoms with Crippen LogP contribution in [0, 0.1) is 5.92 Å². The van der Waals surface area contributed by atoms with E-state index in [4.69, 9.17) is 0 Å². The second-order valence-electron chi connectivity index (χ2n) is 3.25. The molecule has 0 aliphatic heterocycles. The number of rotatable bonds is 2. The van der Waals surface area contributed by atoms with Gasteiger partial charge in [-0.05, 0) is 0 Å². The molecule has 12 heavy (non-hydrogen) atoms. The Morgan fingerprint density at radius 2 is 1.75 bits per heavy atom. The van der Waals surface area contributed by atoms with E-state index in [0.29, 0.717) is 0 Å². The standard InChI is InChI=1S/C10H14OSe/c1-8(2)10(11,12)9-6-4-3-5-7-9/h3-8,11-12H,1-2H3. The van der Waals surface area contributed by atoms with Gasteiger partial charge in [0.05, 0.1) is 0 Å². The molecule has 0 fully saturated rings. The first-order valence-electron chi connectivity index (χ1n) is 4.05. The molecule has 0 amide bonds. The Labute approximate surface area is 81.6 Å². The van der Waals surface area contributed by atoms with Crippen LogP contribution in [0.4, 0.5) is 0 Å². The monoisotopic (exact) mass is 230 g/mol. The van der Waals surface area contributed by atoms with Crippen LogP contribution in [0.25, 0.3) is 0 Å². The van der Waals surface area contributed by atoms with Gasteiger partial charge in [-0.25, -0.2) is 0 Å². The summed E-state index contributed by atoms with van der Waals surface area (Å²) in [6.07, 6.45) is 0. The second-order valence-corrected chi connectivity index (χ2v) is 4.68. The Kier molecular flexibility index (Phi) is 2.94. The van der Waals surface area contributed by atoms with E-state index in [1.807, 2.05) is 44.2 Å². The maximum atomic E-state index is 10.0. The van der Waals surface area contributed by atoms with Gasteiger partial charge in [-0.2, -0.15) is 0 Å². The Morgan fingerprint density at radius 3 is 2.17 bits per heavy atom. The predicted molar refractivity (Wildman–Crippen MR) is 52.3 cm³/mol. The van der Waals surface area contributed by atoms with Crippen molar-refractivity contribution >= 4 is 16.0 Å². The molecule has 0 saturated carbocycles. The minimum absolute atomic E-state index is 0.208. The average molecular weight is 229 g/mol. The van der Waals surface area contributed by atoms with Crippen LogP contribution in [0.1, 0.15) is 19.4 Å². The molecule has 1 nitrogen and oxygen atoms in total. The van der Waals surface area contributed by atoms with E-state index < -0.39 is 4.50 Å². The third-order valence-corrected chi connectivity index (χ3v) is 3.63. The summed E-state index contributed by atoms with van der Waals surface area (Å²) >= 11 is 2.34. The van der Waals surface area contributed by atoms with Crippen molar-refractivity contribution in [3.8, 4) is 0 Å². The van der Waals surface area contributed by atoms with Crippen molar-refractivity contribution in [2.75, 3.05) is 0 Å². The molecule has 0 aliphatic rings. The quantitative estimate of drug-likeness (QED) is 0.760. The van der Waals surface area contributed by atoms with Gasteiger partial charge in [-0.3, -0.25) is 0 Å². The van der Waals surface area contributed by atoms with E-state index in [9.17, 15) is 5.11 Å². The van der Waals surface area contributed by atoms with Gasteiger partial charge in [0.25, 0.3) is 0 Å². The van der Waals surface area contributed by atoms with Gasteiger partial charge >= 0.3 is 81.3 Å². The summed E-state index contributed by atoms with van der Waals surface area (Å²) < 4.78 is -0.770. The first-order chi connectivity index (χ1) is 5.55. The normalized spacial score (nSPS) is 16.1. The van der Waals surface area contributed by atoms with E-state index >= 15 is 0 Å². The van der Waals surface area contributed by atoms with Crippen molar-refractivity contribution < 1.29 is 5.11 Å². The van der Waals surface area contributed by atoms with Crippen molar-refractivity contribution in [1.29, 1.82) is 0 Å². The van der Waals surface area contributed by atoms with Crippen LogP contribution < -0.4 is 0 Å². The zero-order valence-electron chi connectivity index (χ0n) is 7.36. The van der Waals surface area contributed by atoms with Gasteiger partial charge in [0.2, 0.25) is 0 Å². The summed E-state index contributed by atoms with van der Waals surface area (Å²) in [6, 6.07) is 9.72. The predicted octanol–water partition coefficient (Wildman–Crippen LogP) is 1.39. The number of hydrogen-bond acceptors (Lipinski definition) is 1. The maximum absolute atomic E-state index is 10.0. The zero-order chi connectivity index (χ0) is 9.19. The minimum atomic E-state index is -0.770. The van der Waals surface area contributed by atoms with Gasteiger partial charge < -0.3 is 0 Å². The Hall–Kier alpha value is -0.301. The van der Waals surface area contributed by atoms with Crippen LogP contribution in [0.3, 0.4) is 0 Å². The van der Waals surface area contributed by atoms with Gasteiger partial charge in [0, 0.05) is 0 Å². The molecule has 0 aliphatic carbocycles. The fraction of sp³-hybridized carbons (Fsp3) is 0.400. The summed E-state index contributed by atoms with van der Waals surface area (Å²) in [5.74, 6) is 0.208. The Morgan fingerprint density at radius 1 is 1.25 bits per heavy atom. The van der Waals surface area contributed by atoms with Crippen LogP contribution >= 0.6 is 0 Å². The molecule has 0 bridgehead atoms. The molecule has 1 aromatic rings.